The lowest BCUT2D eigenvalue weighted by Crippen LogP contribution is -2.46. The van der Waals surface area contributed by atoms with Gasteiger partial charge in [0, 0.05) is 26.1 Å². The standard InChI is InChI=1S/C19H28N4O2/c1-15-20-19(21-25-15)14-23-11-4-5-17(13-23)22(2)12-10-16-6-8-18(24-3)9-7-16/h6-9,17H,4-5,10-14H2,1-3H3/t17-/m1/s1. The van der Waals surface area contributed by atoms with Crippen molar-refractivity contribution in [2.75, 3.05) is 33.8 Å². The molecule has 1 fully saturated rings. The van der Waals surface area contributed by atoms with E-state index < -0.39 is 0 Å². The van der Waals surface area contributed by atoms with Crippen LogP contribution in [0.5, 0.6) is 5.75 Å². The van der Waals surface area contributed by atoms with Crippen molar-refractivity contribution in [3.8, 4) is 5.75 Å². The number of aryl methyl sites for hydroxylation is 1. The first kappa shape index (κ1) is 17.9. The first-order chi connectivity index (χ1) is 12.1. The lowest BCUT2D eigenvalue weighted by Gasteiger charge is -2.37. The zero-order valence-corrected chi connectivity index (χ0v) is 15.4. The van der Waals surface area contributed by atoms with E-state index in [0.717, 1.165) is 44.2 Å². The Bertz CT molecular complexity index is 656. The zero-order valence-electron chi connectivity index (χ0n) is 15.4. The largest absolute Gasteiger partial charge is 0.497 e. The van der Waals surface area contributed by atoms with Gasteiger partial charge in [0.1, 0.15) is 5.75 Å². The Morgan fingerprint density at radius 1 is 1.32 bits per heavy atom. The topological polar surface area (TPSA) is 54.6 Å². The number of hydrogen-bond acceptors (Lipinski definition) is 6. The van der Waals surface area contributed by atoms with Gasteiger partial charge in [0.2, 0.25) is 5.89 Å². The molecule has 2 heterocycles. The molecule has 1 saturated heterocycles. The van der Waals surface area contributed by atoms with Crippen LogP contribution >= 0.6 is 0 Å². The van der Waals surface area contributed by atoms with Crippen LogP contribution in [-0.4, -0.2) is 59.8 Å². The number of hydrogen-bond donors (Lipinski definition) is 0. The second-order valence-corrected chi connectivity index (χ2v) is 6.84. The Morgan fingerprint density at radius 2 is 2.12 bits per heavy atom. The van der Waals surface area contributed by atoms with Crippen molar-refractivity contribution in [2.45, 2.75) is 38.8 Å². The number of aromatic nitrogens is 2. The minimum Gasteiger partial charge on any atom is -0.497 e. The molecule has 25 heavy (non-hydrogen) atoms. The van der Waals surface area contributed by atoms with Crippen LogP contribution < -0.4 is 4.74 Å². The summed E-state index contributed by atoms with van der Waals surface area (Å²) in [6, 6.07) is 8.95. The summed E-state index contributed by atoms with van der Waals surface area (Å²) in [5, 5.41) is 4.02. The average molecular weight is 344 g/mol. The SMILES string of the molecule is COc1ccc(CCN(C)[C@@H]2CCCN(Cc3noc(C)n3)C2)cc1. The van der Waals surface area contributed by atoms with E-state index in [0.29, 0.717) is 11.9 Å². The van der Waals surface area contributed by atoms with E-state index in [1.807, 2.05) is 19.1 Å². The molecule has 0 radical (unpaired) electrons. The fraction of sp³-hybridized carbons (Fsp3) is 0.579. The number of likely N-dealkylation sites (tertiary alicyclic amines) is 1. The maximum absolute atomic E-state index is 5.22. The van der Waals surface area contributed by atoms with E-state index in [9.17, 15) is 0 Å². The molecule has 0 spiro atoms. The minimum atomic E-state index is 0.583. The van der Waals surface area contributed by atoms with Gasteiger partial charge in [-0.25, -0.2) is 0 Å². The molecule has 0 N–H and O–H groups in total. The Balaban J connectivity index is 1.48. The maximum atomic E-state index is 5.22. The molecule has 0 amide bonds. The van der Waals surface area contributed by atoms with Gasteiger partial charge in [-0.05, 0) is 50.6 Å². The van der Waals surface area contributed by atoms with Gasteiger partial charge in [-0.3, -0.25) is 4.90 Å². The Morgan fingerprint density at radius 3 is 2.80 bits per heavy atom. The first-order valence-corrected chi connectivity index (χ1v) is 8.99. The third-order valence-corrected chi connectivity index (χ3v) is 4.95. The fourth-order valence-electron chi connectivity index (χ4n) is 3.42. The molecule has 0 bridgehead atoms. The summed E-state index contributed by atoms with van der Waals surface area (Å²) in [7, 11) is 3.93. The summed E-state index contributed by atoms with van der Waals surface area (Å²) in [5.41, 5.74) is 1.35. The normalized spacial score (nSPS) is 18.6. The minimum absolute atomic E-state index is 0.583. The lowest BCUT2D eigenvalue weighted by atomic mass is 10.0. The molecular weight excluding hydrogens is 316 g/mol. The van der Waals surface area contributed by atoms with Crippen LogP contribution in [0.4, 0.5) is 0 Å². The van der Waals surface area contributed by atoms with Gasteiger partial charge in [0.25, 0.3) is 0 Å². The van der Waals surface area contributed by atoms with E-state index >= 15 is 0 Å². The molecule has 1 aliphatic heterocycles. The van der Waals surface area contributed by atoms with Gasteiger partial charge in [-0.2, -0.15) is 4.98 Å². The number of benzene rings is 1. The zero-order chi connectivity index (χ0) is 17.6. The van der Waals surface area contributed by atoms with Gasteiger partial charge in [-0.15, -0.1) is 0 Å². The molecule has 1 aromatic heterocycles. The van der Waals surface area contributed by atoms with Crippen molar-refractivity contribution >= 4 is 0 Å². The highest BCUT2D eigenvalue weighted by Gasteiger charge is 2.24. The highest BCUT2D eigenvalue weighted by Crippen LogP contribution is 2.18. The summed E-state index contributed by atoms with van der Waals surface area (Å²) in [6.45, 7) is 5.85. The fourth-order valence-corrected chi connectivity index (χ4v) is 3.42. The van der Waals surface area contributed by atoms with Gasteiger partial charge in [-0.1, -0.05) is 17.3 Å². The number of methoxy groups -OCH3 is 1. The molecule has 0 aliphatic carbocycles. The number of rotatable bonds is 7. The lowest BCUT2D eigenvalue weighted by molar-refractivity contribution is 0.110. The summed E-state index contributed by atoms with van der Waals surface area (Å²) in [4.78, 5) is 9.24. The average Bonchev–Trinajstić information content (AvgIpc) is 3.05. The monoisotopic (exact) mass is 344 g/mol. The molecule has 2 aromatic rings. The van der Waals surface area contributed by atoms with Crippen molar-refractivity contribution < 1.29 is 9.26 Å². The van der Waals surface area contributed by atoms with Crippen LogP contribution in [0.1, 0.15) is 30.1 Å². The number of ether oxygens (including phenoxy) is 1. The Hall–Kier alpha value is -1.92. The van der Waals surface area contributed by atoms with Crippen LogP contribution in [0, 0.1) is 6.92 Å². The predicted molar refractivity (Wildman–Crippen MR) is 96.7 cm³/mol. The molecule has 1 atom stereocenters. The van der Waals surface area contributed by atoms with E-state index in [4.69, 9.17) is 9.26 Å². The van der Waals surface area contributed by atoms with Crippen molar-refractivity contribution in [2.24, 2.45) is 0 Å². The van der Waals surface area contributed by atoms with Crippen molar-refractivity contribution in [3.05, 3.63) is 41.5 Å². The maximum Gasteiger partial charge on any atom is 0.223 e. The van der Waals surface area contributed by atoms with E-state index in [1.54, 1.807) is 7.11 Å². The molecule has 0 saturated carbocycles. The first-order valence-electron chi connectivity index (χ1n) is 8.99. The summed E-state index contributed by atoms with van der Waals surface area (Å²) >= 11 is 0. The van der Waals surface area contributed by atoms with E-state index in [1.165, 1.54) is 18.4 Å². The molecule has 1 aromatic carbocycles. The highest BCUT2D eigenvalue weighted by molar-refractivity contribution is 5.27. The second kappa shape index (κ2) is 8.45. The Labute approximate surface area is 149 Å². The molecule has 136 valence electrons. The summed E-state index contributed by atoms with van der Waals surface area (Å²) < 4.78 is 10.3. The smallest absolute Gasteiger partial charge is 0.223 e. The van der Waals surface area contributed by atoms with E-state index in [-0.39, 0.29) is 0 Å². The molecule has 1 aliphatic rings. The quantitative estimate of drug-likeness (QED) is 0.769. The van der Waals surface area contributed by atoms with Crippen LogP contribution in [0.2, 0.25) is 0 Å². The second-order valence-electron chi connectivity index (χ2n) is 6.84. The highest BCUT2D eigenvalue weighted by atomic mass is 16.5. The van der Waals surface area contributed by atoms with Crippen LogP contribution in [-0.2, 0) is 13.0 Å². The van der Waals surface area contributed by atoms with Gasteiger partial charge >= 0.3 is 0 Å². The van der Waals surface area contributed by atoms with Crippen LogP contribution in [0.15, 0.2) is 28.8 Å². The van der Waals surface area contributed by atoms with Gasteiger partial charge < -0.3 is 14.2 Å². The Kier molecular flexibility index (Phi) is 6.04. The summed E-state index contributed by atoms with van der Waals surface area (Å²) in [5.74, 6) is 2.34. The number of likely N-dealkylation sites (N-methyl/N-ethyl adjacent to an activating group) is 1. The number of piperidine rings is 1. The number of nitrogens with zero attached hydrogens (tertiary/aromatic N) is 4. The van der Waals surface area contributed by atoms with Crippen molar-refractivity contribution in [1.29, 1.82) is 0 Å². The summed E-state index contributed by atoms with van der Waals surface area (Å²) in [6.07, 6.45) is 3.52. The third kappa shape index (κ3) is 5.03. The van der Waals surface area contributed by atoms with Crippen LogP contribution in [0.25, 0.3) is 0 Å². The third-order valence-electron chi connectivity index (χ3n) is 4.95. The van der Waals surface area contributed by atoms with E-state index in [2.05, 4.69) is 39.1 Å². The van der Waals surface area contributed by atoms with Crippen molar-refractivity contribution in [1.82, 2.24) is 19.9 Å². The van der Waals surface area contributed by atoms with Crippen molar-refractivity contribution in [3.63, 3.8) is 0 Å². The van der Waals surface area contributed by atoms with Crippen LogP contribution in [0.3, 0.4) is 0 Å². The molecular formula is C19H28N4O2. The molecule has 6 heteroatoms. The molecule has 3 rings (SSSR count). The molecule has 0 unspecified atom stereocenters. The predicted octanol–water partition coefficient (Wildman–Crippen LogP) is 2.53. The van der Waals surface area contributed by atoms with Gasteiger partial charge in [0.05, 0.1) is 13.7 Å². The molecule has 6 nitrogen and oxygen atoms in total. The van der Waals surface area contributed by atoms with Gasteiger partial charge in [0.15, 0.2) is 5.82 Å².